The van der Waals surface area contributed by atoms with Crippen molar-refractivity contribution in [1.82, 2.24) is 5.32 Å². The van der Waals surface area contributed by atoms with Crippen LogP contribution in [0.25, 0.3) is 0 Å². The van der Waals surface area contributed by atoms with Crippen LogP contribution in [-0.4, -0.2) is 45.8 Å². The third-order valence-corrected chi connectivity index (χ3v) is 5.56. The van der Waals surface area contributed by atoms with Crippen LogP contribution in [0, 0.1) is 0 Å². The van der Waals surface area contributed by atoms with Gasteiger partial charge in [-0.3, -0.25) is 4.79 Å². The first-order valence-corrected chi connectivity index (χ1v) is 10.2. The van der Waals surface area contributed by atoms with E-state index in [0.29, 0.717) is 13.1 Å². The second-order valence-corrected chi connectivity index (χ2v) is 8.05. The summed E-state index contributed by atoms with van der Waals surface area (Å²) < 4.78 is 5.41. The van der Waals surface area contributed by atoms with E-state index in [9.17, 15) is 4.79 Å². The van der Waals surface area contributed by atoms with Crippen LogP contribution in [0.4, 0.5) is 0 Å². The molecule has 1 unspecified atom stereocenters. The Morgan fingerprint density at radius 3 is 2.62 bits per heavy atom. The molecule has 1 aliphatic rings. The molecule has 1 amide bonds. The Kier molecular flexibility index (Phi) is 7.20. The molecule has 1 aromatic heterocycles. The molecule has 1 fully saturated rings. The van der Waals surface area contributed by atoms with Crippen LogP contribution < -0.4 is 15.1 Å². The summed E-state index contributed by atoms with van der Waals surface area (Å²) in [5.74, 6) is 0.0980. The molecule has 0 radical (unpaired) electrons. The van der Waals surface area contributed by atoms with Gasteiger partial charge in [-0.15, -0.1) is 11.3 Å². The minimum absolute atomic E-state index is 0.0980. The first-order valence-electron chi connectivity index (χ1n) is 9.28. The van der Waals surface area contributed by atoms with Crippen molar-refractivity contribution in [2.45, 2.75) is 19.6 Å². The standard InChI is InChI=1S/C20H27N3O2S/c1-22(15-19-3-2-12-26-19)16-20(24)21-13-17-4-6-18(7-5-17)14-23-8-10-25-11-9-23/h2-7,12H,8-11,13-16H2,1H3,(H,21,24)/p+2. The average Bonchev–Trinajstić information content (AvgIpc) is 3.15. The fourth-order valence-corrected chi connectivity index (χ4v) is 4.03. The number of hydrogen-bond donors (Lipinski definition) is 3. The van der Waals surface area contributed by atoms with Gasteiger partial charge in [-0.25, -0.2) is 0 Å². The van der Waals surface area contributed by atoms with Crippen molar-refractivity contribution in [3.63, 3.8) is 0 Å². The minimum Gasteiger partial charge on any atom is -0.370 e. The molecule has 2 heterocycles. The Balaban J connectivity index is 1.38. The Labute approximate surface area is 159 Å². The number of likely N-dealkylation sites (N-methyl/N-ethyl adjacent to an activating group) is 1. The topological polar surface area (TPSA) is 47.2 Å². The highest BCUT2D eigenvalue weighted by molar-refractivity contribution is 7.09. The van der Waals surface area contributed by atoms with Crippen LogP contribution in [-0.2, 0) is 29.2 Å². The molecule has 0 spiro atoms. The highest BCUT2D eigenvalue weighted by atomic mass is 32.1. The lowest BCUT2D eigenvalue weighted by molar-refractivity contribution is -0.921. The molecular formula is C20H29N3O2S+2. The van der Waals surface area contributed by atoms with Gasteiger partial charge in [0, 0.05) is 12.1 Å². The largest absolute Gasteiger partial charge is 0.370 e. The first-order chi connectivity index (χ1) is 12.7. The summed E-state index contributed by atoms with van der Waals surface area (Å²) in [5.41, 5.74) is 2.49. The zero-order chi connectivity index (χ0) is 18.2. The maximum absolute atomic E-state index is 12.1. The molecule has 1 aromatic carbocycles. The van der Waals surface area contributed by atoms with Crippen LogP contribution in [0.2, 0.25) is 0 Å². The molecule has 3 N–H and O–H groups in total. The van der Waals surface area contributed by atoms with E-state index in [-0.39, 0.29) is 5.91 Å². The number of quaternary nitrogens is 2. The fourth-order valence-electron chi connectivity index (χ4n) is 3.21. The molecule has 1 saturated heterocycles. The lowest BCUT2D eigenvalue weighted by Gasteiger charge is -2.23. The average molecular weight is 376 g/mol. The zero-order valence-electron chi connectivity index (χ0n) is 15.4. The summed E-state index contributed by atoms with van der Waals surface area (Å²) in [7, 11) is 2.06. The normalized spacial score (nSPS) is 16.3. The molecule has 2 aromatic rings. The summed E-state index contributed by atoms with van der Waals surface area (Å²) >= 11 is 1.74. The van der Waals surface area contributed by atoms with Gasteiger partial charge in [0.25, 0.3) is 5.91 Å². The molecule has 140 valence electrons. The number of carbonyl (C=O) groups is 1. The zero-order valence-corrected chi connectivity index (χ0v) is 16.2. The number of nitrogens with one attached hydrogen (secondary N) is 3. The molecule has 1 atom stereocenters. The predicted octanol–water partition coefficient (Wildman–Crippen LogP) is -0.506. The number of ether oxygens (including phenoxy) is 1. The number of benzene rings is 1. The van der Waals surface area contributed by atoms with Crippen molar-refractivity contribution in [2.24, 2.45) is 0 Å². The van der Waals surface area contributed by atoms with Gasteiger partial charge in [-0.05, 0) is 17.0 Å². The lowest BCUT2D eigenvalue weighted by atomic mass is 10.1. The molecule has 6 heteroatoms. The van der Waals surface area contributed by atoms with Crippen molar-refractivity contribution >= 4 is 17.2 Å². The van der Waals surface area contributed by atoms with Crippen LogP contribution in [0.5, 0.6) is 0 Å². The molecule has 0 bridgehead atoms. The van der Waals surface area contributed by atoms with Gasteiger partial charge in [0.1, 0.15) is 26.2 Å². The van der Waals surface area contributed by atoms with Crippen LogP contribution in [0.3, 0.4) is 0 Å². The molecule has 0 aliphatic carbocycles. The van der Waals surface area contributed by atoms with E-state index in [1.807, 2.05) is 0 Å². The highest BCUT2D eigenvalue weighted by Crippen LogP contribution is 2.06. The lowest BCUT2D eigenvalue weighted by Crippen LogP contribution is -3.12. The summed E-state index contributed by atoms with van der Waals surface area (Å²) in [6, 6.07) is 12.8. The molecule has 26 heavy (non-hydrogen) atoms. The Morgan fingerprint density at radius 1 is 1.19 bits per heavy atom. The van der Waals surface area contributed by atoms with E-state index in [1.165, 1.54) is 15.3 Å². The van der Waals surface area contributed by atoms with Crippen molar-refractivity contribution in [1.29, 1.82) is 0 Å². The van der Waals surface area contributed by atoms with Gasteiger partial charge < -0.3 is 19.9 Å². The highest BCUT2D eigenvalue weighted by Gasteiger charge is 2.14. The number of morpholine rings is 1. The van der Waals surface area contributed by atoms with Gasteiger partial charge in [0.2, 0.25) is 0 Å². The molecular weight excluding hydrogens is 346 g/mol. The summed E-state index contributed by atoms with van der Waals surface area (Å²) in [6.07, 6.45) is 0. The number of hydrogen-bond acceptors (Lipinski definition) is 3. The minimum atomic E-state index is 0.0980. The maximum Gasteiger partial charge on any atom is 0.275 e. The first kappa shape index (κ1) is 19.0. The summed E-state index contributed by atoms with van der Waals surface area (Å²) in [4.78, 5) is 16.2. The van der Waals surface area contributed by atoms with E-state index in [1.54, 1.807) is 16.2 Å². The van der Waals surface area contributed by atoms with Gasteiger partial charge in [-0.2, -0.15) is 0 Å². The van der Waals surface area contributed by atoms with Gasteiger partial charge in [0.05, 0.1) is 25.1 Å². The Morgan fingerprint density at radius 2 is 1.92 bits per heavy atom. The molecule has 0 saturated carbocycles. The van der Waals surface area contributed by atoms with Crippen molar-refractivity contribution < 1.29 is 19.3 Å². The fraction of sp³-hybridized carbons (Fsp3) is 0.450. The third-order valence-electron chi connectivity index (χ3n) is 4.69. The Bertz CT molecular complexity index is 667. The summed E-state index contributed by atoms with van der Waals surface area (Å²) in [6.45, 7) is 6.92. The number of rotatable bonds is 8. The summed E-state index contributed by atoms with van der Waals surface area (Å²) in [5, 5.41) is 5.11. The monoisotopic (exact) mass is 375 g/mol. The molecule has 1 aliphatic heterocycles. The van der Waals surface area contributed by atoms with Crippen molar-refractivity contribution in [3.8, 4) is 0 Å². The Hall–Kier alpha value is -1.73. The van der Waals surface area contributed by atoms with E-state index < -0.39 is 0 Å². The van der Waals surface area contributed by atoms with Gasteiger partial charge >= 0.3 is 0 Å². The number of carbonyl (C=O) groups excluding carboxylic acids is 1. The SMILES string of the molecule is C[NH+](CC(=O)NCc1ccc(C[NH+]2CCOCC2)cc1)Cc1cccs1. The van der Waals surface area contributed by atoms with Crippen LogP contribution in [0.1, 0.15) is 16.0 Å². The van der Waals surface area contributed by atoms with Gasteiger partial charge in [-0.1, -0.05) is 30.3 Å². The van der Waals surface area contributed by atoms with Crippen molar-refractivity contribution in [2.75, 3.05) is 39.9 Å². The second-order valence-electron chi connectivity index (χ2n) is 7.02. The second kappa shape index (κ2) is 9.83. The van der Waals surface area contributed by atoms with Crippen LogP contribution in [0.15, 0.2) is 41.8 Å². The van der Waals surface area contributed by atoms with Gasteiger partial charge in [0.15, 0.2) is 6.54 Å². The number of amides is 1. The van der Waals surface area contributed by atoms with Crippen molar-refractivity contribution in [3.05, 3.63) is 57.8 Å². The quantitative estimate of drug-likeness (QED) is 0.582. The van der Waals surface area contributed by atoms with E-state index in [4.69, 9.17) is 4.74 Å². The smallest absolute Gasteiger partial charge is 0.275 e. The third kappa shape index (κ3) is 6.21. The van der Waals surface area contributed by atoms with E-state index >= 15 is 0 Å². The predicted molar refractivity (Wildman–Crippen MR) is 103 cm³/mol. The van der Waals surface area contributed by atoms with E-state index in [2.05, 4.69) is 54.1 Å². The van der Waals surface area contributed by atoms with Crippen LogP contribution >= 0.6 is 11.3 Å². The molecule has 3 rings (SSSR count). The van der Waals surface area contributed by atoms with E-state index in [0.717, 1.165) is 45.0 Å². The molecule has 5 nitrogen and oxygen atoms in total. The maximum atomic E-state index is 12.1. The number of thiophene rings is 1.